The van der Waals surface area contributed by atoms with Gasteiger partial charge in [0, 0.05) is 11.3 Å². The molecule has 0 spiro atoms. The zero-order chi connectivity index (χ0) is 12.7. The van der Waals surface area contributed by atoms with Gasteiger partial charge < -0.3 is 10.1 Å². The van der Waals surface area contributed by atoms with Gasteiger partial charge in [-0.05, 0) is 30.9 Å². The first-order valence-corrected chi connectivity index (χ1v) is 6.46. The molecule has 0 aliphatic rings. The molecular formula is C12H17NO3S. The van der Waals surface area contributed by atoms with Crippen LogP contribution in [0.3, 0.4) is 0 Å². The standard InChI is InChI=1S/C12H17NO3S/c1-3-16-12(15)5-4-11(14)13-8-10-9(2)6-7-17-10/h6-7H,3-5,8H2,1-2H3,(H,13,14). The van der Waals surface area contributed by atoms with E-state index >= 15 is 0 Å². The lowest BCUT2D eigenvalue weighted by atomic mass is 10.2. The van der Waals surface area contributed by atoms with Crippen LogP contribution in [0.25, 0.3) is 0 Å². The summed E-state index contributed by atoms with van der Waals surface area (Å²) in [5, 5.41) is 4.78. The van der Waals surface area contributed by atoms with Crippen LogP contribution in [0.2, 0.25) is 0 Å². The quantitative estimate of drug-likeness (QED) is 0.791. The third kappa shape index (κ3) is 4.99. The van der Waals surface area contributed by atoms with Gasteiger partial charge in [-0.3, -0.25) is 9.59 Å². The van der Waals surface area contributed by atoms with Crippen LogP contribution >= 0.6 is 11.3 Å². The van der Waals surface area contributed by atoms with Crippen LogP contribution in [0.4, 0.5) is 0 Å². The van der Waals surface area contributed by atoms with Crippen LogP contribution in [0.1, 0.15) is 30.2 Å². The van der Waals surface area contributed by atoms with Gasteiger partial charge in [-0.1, -0.05) is 0 Å². The number of amides is 1. The molecule has 1 heterocycles. The van der Waals surface area contributed by atoms with Crippen LogP contribution in [0.5, 0.6) is 0 Å². The van der Waals surface area contributed by atoms with Crippen molar-refractivity contribution in [1.82, 2.24) is 5.32 Å². The van der Waals surface area contributed by atoms with E-state index in [1.807, 2.05) is 18.4 Å². The largest absolute Gasteiger partial charge is 0.466 e. The van der Waals surface area contributed by atoms with E-state index < -0.39 is 0 Å². The summed E-state index contributed by atoms with van der Waals surface area (Å²) in [6.07, 6.45) is 0.326. The second-order valence-corrected chi connectivity index (χ2v) is 4.61. The summed E-state index contributed by atoms with van der Waals surface area (Å²) in [5.74, 6) is -0.444. The van der Waals surface area contributed by atoms with E-state index in [0.29, 0.717) is 13.2 Å². The lowest BCUT2D eigenvalue weighted by Crippen LogP contribution is -2.23. The first-order chi connectivity index (χ1) is 8.13. The van der Waals surface area contributed by atoms with E-state index in [-0.39, 0.29) is 24.7 Å². The molecule has 0 aromatic carbocycles. The Labute approximate surface area is 105 Å². The molecule has 0 unspecified atom stereocenters. The highest BCUT2D eigenvalue weighted by atomic mass is 32.1. The highest BCUT2D eigenvalue weighted by Crippen LogP contribution is 2.14. The Morgan fingerprint density at radius 3 is 2.76 bits per heavy atom. The Hall–Kier alpha value is -1.36. The third-order valence-electron chi connectivity index (χ3n) is 2.28. The molecule has 17 heavy (non-hydrogen) atoms. The number of hydrogen-bond donors (Lipinski definition) is 1. The number of hydrogen-bond acceptors (Lipinski definition) is 4. The van der Waals surface area contributed by atoms with Crippen molar-refractivity contribution >= 4 is 23.2 Å². The summed E-state index contributed by atoms with van der Waals surface area (Å²) in [6, 6.07) is 2.02. The first-order valence-electron chi connectivity index (χ1n) is 5.58. The predicted octanol–water partition coefficient (Wildman–Crippen LogP) is 2.02. The Balaban J connectivity index is 2.22. The molecule has 0 saturated carbocycles. The highest BCUT2D eigenvalue weighted by Gasteiger charge is 2.08. The number of carbonyl (C=O) groups excluding carboxylic acids is 2. The lowest BCUT2D eigenvalue weighted by Gasteiger charge is -2.04. The average molecular weight is 255 g/mol. The Kier molecular flexibility index (Phi) is 5.69. The van der Waals surface area contributed by atoms with Gasteiger partial charge in [0.1, 0.15) is 0 Å². The van der Waals surface area contributed by atoms with Gasteiger partial charge in [-0.2, -0.15) is 0 Å². The maximum atomic E-state index is 11.4. The molecule has 5 heteroatoms. The third-order valence-corrected chi connectivity index (χ3v) is 3.30. The Morgan fingerprint density at radius 2 is 2.18 bits per heavy atom. The van der Waals surface area contributed by atoms with Crippen LogP contribution in [0, 0.1) is 6.92 Å². The monoisotopic (exact) mass is 255 g/mol. The van der Waals surface area contributed by atoms with E-state index in [0.717, 1.165) is 4.88 Å². The Bertz CT molecular complexity index is 387. The fourth-order valence-corrected chi connectivity index (χ4v) is 2.15. The van der Waals surface area contributed by atoms with Crippen molar-refractivity contribution in [3.63, 3.8) is 0 Å². The summed E-state index contributed by atoms with van der Waals surface area (Å²) in [6.45, 7) is 4.65. The second-order valence-electron chi connectivity index (χ2n) is 3.61. The van der Waals surface area contributed by atoms with E-state index in [1.165, 1.54) is 5.56 Å². The molecule has 0 atom stereocenters. The molecule has 0 aliphatic heterocycles. The number of esters is 1. The predicted molar refractivity (Wildman–Crippen MR) is 66.8 cm³/mol. The van der Waals surface area contributed by atoms with Crippen LogP contribution in [-0.2, 0) is 20.9 Å². The SMILES string of the molecule is CCOC(=O)CCC(=O)NCc1sccc1C. The van der Waals surface area contributed by atoms with Gasteiger partial charge in [-0.25, -0.2) is 0 Å². The van der Waals surface area contributed by atoms with Crippen molar-refractivity contribution in [1.29, 1.82) is 0 Å². The van der Waals surface area contributed by atoms with Gasteiger partial charge in [0.25, 0.3) is 0 Å². The molecule has 1 amide bonds. The molecule has 94 valence electrons. The van der Waals surface area contributed by atoms with Crippen LogP contribution in [0.15, 0.2) is 11.4 Å². The molecule has 4 nitrogen and oxygen atoms in total. The average Bonchev–Trinajstić information content (AvgIpc) is 2.70. The van der Waals surface area contributed by atoms with Gasteiger partial charge in [0.2, 0.25) is 5.91 Å². The number of rotatable bonds is 6. The molecule has 0 aliphatic carbocycles. The number of ether oxygens (including phenoxy) is 1. The normalized spacial score (nSPS) is 10.0. The topological polar surface area (TPSA) is 55.4 Å². The van der Waals surface area contributed by atoms with Crippen LogP contribution in [-0.4, -0.2) is 18.5 Å². The minimum absolute atomic E-state index is 0.120. The van der Waals surface area contributed by atoms with Crippen molar-refractivity contribution in [2.24, 2.45) is 0 Å². The maximum absolute atomic E-state index is 11.4. The first kappa shape index (κ1) is 13.7. The van der Waals surface area contributed by atoms with Gasteiger partial charge >= 0.3 is 5.97 Å². The zero-order valence-electron chi connectivity index (χ0n) is 10.1. The smallest absolute Gasteiger partial charge is 0.306 e. The van der Waals surface area contributed by atoms with E-state index in [2.05, 4.69) is 5.32 Å². The molecular weight excluding hydrogens is 238 g/mol. The number of thiophene rings is 1. The van der Waals surface area contributed by atoms with E-state index in [9.17, 15) is 9.59 Å². The van der Waals surface area contributed by atoms with Crippen molar-refractivity contribution < 1.29 is 14.3 Å². The van der Waals surface area contributed by atoms with Crippen molar-refractivity contribution in [2.45, 2.75) is 33.2 Å². The molecule has 1 aromatic rings. The summed E-state index contributed by atoms with van der Waals surface area (Å²) in [5.41, 5.74) is 1.18. The van der Waals surface area contributed by atoms with E-state index in [4.69, 9.17) is 4.74 Å². The summed E-state index contributed by atoms with van der Waals surface area (Å²) in [4.78, 5) is 23.6. The second kappa shape index (κ2) is 7.06. The molecule has 0 fully saturated rings. The molecule has 1 N–H and O–H groups in total. The molecule has 1 aromatic heterocycles. The molecule has 1 rings (SSSR count). The molecule has 0 radical (unpaired) electrons. The number of carbonyl (C=O) groups is 2. The minimum Gasteiger partial charge on any atom is -0.466 e. The van der Waals surface area contributed by atoms with Gasteiger partial charge in [0.05, 0.1) is 19.6 Å². The Morgan fingerprint density at radius 1 is 1.41 bits per heavy atom. The summed E-state index contributed by atoms with van der Waals surface area (Å²) >= 11 is 1.62. The van der Waals surface area contributed by atoms with Crippen molar-refractivity contribution in [3.05, 3.63) is 21.9 Å². The maximum Gasteiger partial charge on any atom is 0.306 e. The summed E-state index contributed by atoms with van der Waals surface area (Å²) in [7, 11) is 0. The van der Waals surface area contributed by atoms with Crippen LogP contribution < -0.4 is 5.32 Å². The zero-order valence-corrected chi connectivity index (χ0v) is 10.9. The highest BCUT2D eigenvalue weighted by molar-refractivity contribution is 7.10. The summed E-state index contributed by atoms with van der Waals surface area (Å²) < 4.78 is 4.74. The lowest BCUT2D eigenvalue weighted by molar-refractivity contribution is -0.144. The van der Waals surface area contributed by atoms with Gasteiger partial charge in [0.15, 0.2) is 0 Å². The van der Waals surface area contributed by atoms with Crippen molar-refractivity contribution in [3.8, 4) is 0 Å². The number of nitrogens with one attached hydrogen (secondary N) is 1. The number of aryl methyl sites for hydroxylation is 1. The fourth-order valence-electron chi connectivity index (χ4n) is 1.30. The van der Waals surface area contributed by atoms with Gasteiger partial charge in [-0.15, -0.1) is 11.3 Å². The molecule has 0 saturated heterocycles. The minimum atomic E-state index is -0.324. The van der Waals surface area contributed by atoms with E-state index in [1.54, 1.807) is 18.3 Å². The fraction of sp³-hybridized carbons (Fsp3) is 0.500. The van der Waals surface area contributed by atoms with Crippen molar-refractivity contribution in [2.75, 3.05) is 6.61 Å². The molecule has 0 bridgehead atoms.